The molecular formula is C38H29N. The van der Waals surface area contributed by atoms with Crippen molar-refractivity contribution in [3.8, 4) is 22.3 Å². The molecule has 1 heteroatoms. The van der Waals surface area contributed by atoms with Gasteiger partial charge in [-0.2, -0.15) is 0 Å². The maximum Gasteiger partial charge on any atom is 0.0711 e. The lowest BCUT2D eigenvalue weighted by atomic mass is 9.65. The summed E-state index contributed by atoms with van der Waals surface area (Å²) < 4.78 is 0. The molecule has 1 nitrogen and oxygen atoms in total. The minimum atomic E-state index is -0.353. The second-order valence-corrected chi connectivity index (χ2v) is 11.1. The van der Waals surface area contributed by atoms with Crippen LogP contribution in [0, 0.1) is 6.92 Å². The van der Waals surface area contributed by atoms with Gasteiger partial charge in [-0.05, 0) is 63.1 Å². The number of rotatable bonds is 3. The zero-order valence-corrected chi connectivity index (χ0v) is 21.9. The van der Waals surface area contributed by atoms with Gasteiger partial charge in [-0.3, -0.25) is 0 Å². The number of fused-ring (bicyclic) bond motifs is 6. The molecule has 186 valence electrons. The Bertz CT molecular complexity index is 1790. The highest BCUT2D eigenvalue weighted by Gasteiger charge is 2.48. The molecule has 3 unspecified atom stereocenters. The van der Waals surface area contributed by atoms with Crippen molar-refractivity contribution in [2.45, 2.75) is 24.3 Å². The molecule has 0 fully saturated rings. The lowest BCUT2D eigenvalue weighted by Gasteiger charge is -2.37. The van der Waals surface area contributed by atoms with E-state index < -0.39 is 0 Å². The number of aryl methyl sites for hydroxylation is 1. The predicted molar refractivity (Wildman–Crippen MR) is 162 cm³/mol. The summed E-state index contributed by atoms with van der Waals surface area (Å²) in [5.74, 6) is 0.329. The lowest BCUT2D eigenvalue weighted by Crippen LogP contribution is -2.32. The van der Waals surface area contributed by atoms with Crippen molar-refractivity contribution in [3.63, 3.8) is 0 Å². The summed E-state index contributed by atoms with van der Waals surface area (Å²) in [5, 5.41) is 3.90. The van der Waals surface area contributed by atoms with Crippen LogP contribution in [0.3, 0.4) is 0 Å². The third-order valence-corrected chi connectivity index (χ3v) is 8.91. The van der Waals surface area contributed by atoms with Crippen LogP contribution in [-0.2, 0) is 5.41 Å². The zero-order chi connectivity index (χ0) is 26.0. The van der Waals surface area contributed by atoms with E-state index in [1.54, 1.807) is 0 Å². The standard InChI is InChI=1S/C38H29N/c1-25-16-21-35-33(22-25)30-14-8-9-15-34(30)38(35,28-12-6-3-7-13-28)29-18-20-32-31-19-17-27(26-10-4-2-5-11-26)23-36(31)39-37(32)24-29/h2-24,32,37,39H,1H3. The van der Waals surface area contributed by atoms with E-state index in [0.29, 0.717) is 5.92 Å². The average molecular weight is 500 g/mol. The molecule has 0 amide bonds. The minimum absolute atomic E-state index is 0.216. The van der Waals surface area contributed by atoms with Crippen LogP contribution in [0.1, 0.15) is 33.7 Å². The maximum absolute atomic E-state index is 3.90. The van der Waals surface area contributed by atoms with Gasteiger partial charge in [0.25, 0.3) is 0 Å². The molecule has 5 aromatic rings. The first-order valence-corrected chi connectivity index (χ1v) is 13.9. The Morgan fingerprint density at radius 1 is 0.641 bits per heavy atom. The van der Waals surface area contributed by atoms with Crippen molar-refractivity contribution in [2.75, 3.05) is 5.32 Å². The van der Waals surface area contributed by atoms with Gasteiger partial charge in [0.05, 0.1) is 11.5 Å². The Balaban J connectivity index is 1.30. The molecule has 1 heterocycles. The van der Waals surface area contributed by atoms with Crippen LogP contribution in [-0.4, -0.2) is 6.04 Å². The topological polar surface area (TPSA) is 12.0 Å². The van der Waals surface area contributed by atoms with Crippen molar-refractivity contribution >= 4 is 5.69 Å². The predicted octanol–water partition coefficient (Wildman–Crippen LogP) is 9.05. The fourth-order valence-electron chi connectivity index (χ4n) is 7.19. The molecule has 0 saturated heterocycles. The number of hydrogen-bond acceptors (Lipinski definition) is 1. The summed E-state index contributed by atoms with van der Waals surface area (Å²) in [6.07, 6.45) is 7.34. The van der Waals surface area contributed by atoms with Crippen molar-refractivity contribution in [3.05, 3.63) is 173 Å². The SMILES string of the molecule is Cc1ccc2c(c1)-c1ccccc1C2(C1=CC2Nc3cc(-c4ccccc4)ccc3C2C=C1)c1ccccc1. The highest BCUT2D eigenvalue weighted by Crippen LogP contribution is 2.58. The molecule has 3 atom stereocenters. The van der Waals surface area contributed by atoms with Gasteiger partial charge in [0.15, 0.2) is 0 Å². The van der Waals surface area contributed by atoms with Gasteiger partial charge in [0.1, 0.15) is 0 Å². The molecule has 3 aliphatic rings. The van der Waals surface area contributed by atoms with Crippen molar-refractivity contribution < 1.29 is 0 Å². The summed E-state index contributed by atoms with van der Waals surface area (Å²) in [4.78, 5) is 0. The van der Waals surface area contributed by atoms with Crippen LogP contribution in [0.15, 0.2) is 145 Å². The fraction of sp³-hybridized carbons (Fsp3) is 0.105. The number of anilines is 1. The van der Waals surface area contributed by atoms with Gasteiger partial charge in [0.2, 0.25) is 0 Å². The molecule has 39 heavy (non-hydrogen) atoms. The van der Waals surface area contributed by atoms with Gasteiger partial charge in [-0.1, -0.05) is 139 Å². The quantitative estimate of drug-likeness (QED) is 0.261. The van der Waals surface area contributed by atoms with Crippen molar-refractivity contribution in [1.29, 1.82) is 0 Å². The Hall–Kier alpha value is -4.62. The van der Waals surface area contributed by atoms with E-state index in [1.807, 2.05) is 0 Å². The summed E-state index contributed by atoms with van der Waals surface area (Å²) in [6, 6.07) is 44.8. The third kappa shape index (κ3) is 3.20. The molecular weight excluding hydrogens is 470 g/mol. The molecule has 1 aliphatic heterocycles. The highest BCUT2D eigenvalue weighted by atomic mass is 15.0. The third-order valence-electron chi connectivity index (χ3n) is 8.91. The summed E-state index contributed by atoms with van der Waals surface area (Å²) in [7, 11) is 0. The minimum Gasteiger partial charge on any atom is -0.378 e. The number of hydrogen-bond donors (Lipinski definition) is 1. The smallest absolute Gasteiger partial charge is 0.0711 e. The van der Waals surface area contributed by atoms with E-state index in [2.05, 4.69) is 152 Å². The van der Waals surface area contributed by atoms with E-state index >= 15 is 0 Å². The van der Waals surface area contributed by atoms with Gasteiger partial charge in [-0.15, -0.1) is 0 Å². The first-order chi connectivity index (χ1) is 19.2. The number of benzene rings is 5. The molecule has 0 aromatic heterocycles. The second-order valence-electron chi connectivity index (χ2n) is 11.1. The Morgan fingerprint density at radius 2 is 1.38 bits per heavy atom. The van der Waals surface area contributed by atoms with E-state index in [0.717, 1.165) is 0 Å². The van der Waals surface area contributed by atoms with E-state index in [9.17, 15) is 0 Å². The molecule has 0 radical (unpaired) electrons. The molecule has 0 saturated carbocycles. The monoisotopic (exact) mass is 499 g/mol. The molecule has 0 spiro atoms. The van der Waals surface area contributed by atoms with Gasteiger partial charge in [0, 0.05) is 11.6 Å². The van der Waals surface area contributed by atoms with Crippen LogP contribution >= 0.6 is 0 Å². The van der Waals surface area contributed by atoms with Gasteiger partial charge >= 0.3 is 0 Å². The second kappa shape index (κ2) is 8.44. The first-order valence-electron chi connectivity index (χ1n) is 13.9. The summed E-state index contributed by atoms with van der Waals surface area (Å²) >= 11 is 0. The first kappa shape index (κ1) is 22.4. The molecule has 2 aliphatic carbocycles. The largest absolute Gasteiger partial charge is 0.378 e. The summed E-state index contributed by atoms with van der Waals surface area (Å²) in [5.41, 5.74) is 14.1. The van der Waals surface area contributed by atoms with Crippen LogP contribution < -0.4 is 5.32 Å². The highest BCUT2D eigenvalue weighted by molar-refractivity contribution is 5.87. The molecule has 8 rings (SSSR count). The lowest BCUT2D eigenvalue weighted by molar-refractivity contribution is 0.719. The number of allylic oxidation sites excluding steroid dienone is 2. The van der Waals surface area contributed by atoms with Crippen LogP contribution in [0.5, 0.6) is 0 Å². The molecule has 5 aromatic carbocycles. The van der Waals surface area contributed by atoms with Gasteiger partial charge in [-0.25, -0.2) is 0 Å². The van der Waals surface area contributed by atoms with Crippen molar-refractivity contribution in [1.82, 2.24) is 0 Å². The van der Waals surface area contributed by atoms with E-state index in [-0.39, 0.29) is 11.5 Å². The Kier molecular flexibility index (Phi) is 4.84. The molecule has 0 bridgehead atoms. The van der Waals surface area contributed by atoms with Crippen molar-refractivity contribution in [2.24, 2.45) is 0 Å². The Morgan fingerprint density at radius 3 is 2.23 bits per heavy atom. The molecule has 1 N–H and O–H groups in total. The van der Waals surface area contributed by atoms with E-state index in [4.69, 9.17) is 0 Å². The van der Waals surface area contributed by atoms with Crippen LogP contribution in [0.4, 0.5) is 5.69 Å². The number of nitrogens with one attached hydrogen (secondary N) is 1. The van der Waals surface area contributed by atoms with Gasteiger partial charge < -0.3 is 5.32 Å². The normalized spacial score (nSPS) is 21.8. The fourth-order valence-corrected chi connectivity index (χ4v) is 7.19. The zero-order valence-electron chi connectivity index (χ0n) is 21.9. The van der Waals surface area contributed by atoms with Crippen LogP contribution in [0.25, 0.3) is 22.3 Å². The average Bonchev–Trinajstić information content (AvgIpc) is 3.50. The van der Waals surface area contributed by atoms with E-state index in [1.165, 1.54) is 61.3 Å². The Labute approximate surface area is 230 Å². The van der Waals surface area contributed by atoms with Crippen LogP contribution in [0.2, 0.25) is 0 Å². The maximum atomic E-state index is 3.90. The summed E-state index contributed by atoms with van der Waals surface area (Å²) in [6.45, 7) is 2.19.